The van der Waals surface area contributed by atoms with Gasteiger partial charge in [-0.05, 0) is 12.1 Å². The molecule has 86 valence electrons. The van der Waals surface area contributed by atoms with E-state index in [1.54, 1.807) is 18.2 Å². The van der Waals surface area contributed by atoms with E-state index in [1.165, 1.54) is 0 Å². The van der Waals surface area contributed by atoms with Crippen LogP contribution in [0.15, 0.2) is 24.3 Å². The Hall–Kier alpha value is -1.71. The summed E-state index contributed by atoms with van der Waals surface area (Å²) in [5.41, 5.74) is -1.23. The molecule has 2 rings (SSSR count). The predicted octanol–water partition coefficient (Wildman–Crippen LogP) is 2.08. The molecular formula is C12H14O4. The van der Waals surface area contributed by atoms with Crippen LogP contribution in [0.25, 0.3) is 0 Å². The number of benzene rings is 1. The first-order chi connectivity index (χ1) is 7.68. The van der Waals surface area contributed by atoms with E-state index in [9.17, 15) is 9.90 Å². The van der Waals surface area contributed by atoms with Gasteiger partial charge < -0.3 is 14.6 Å². The van der Waals surface area contributed by atoms with Gasteiger partial charge in [0.25, 0.3) is 0 Å². The summed E-state index contributed by atoms with van der Waals surface area (Å²) in [6.07, 6.45) is 1.18. The van der Waals surface area contributed by atoms with Crippen molar-refractivity contribution in [1.82, 2.24) is 0 Å². The fourth-order valence-electron chi connectivity index (χ4n) is 1.83. The Morgan fingerprint density at radius 1 is 1.44 bits per heavy atom. The standard InChI is InChI=1S/C12H14O4/c1-2-7-12(11(13)14)8-15-9-5-3-4-6-10(9)16-12/h3-6H,2,7-8H2,1H3,(H,13,14)/t12-/m1/s1. The van der Waals surface area contributed by atoms with Gasteiger partial charge in [-0.2, -0.15) is 0 Å². The van der Waals surface area contributed by atoms with E-state index in [1.807, 2.05) is 13.0 Å². The highest BCUT2D eigenvalue weighted by Gasteiger charge is 2.44. The number of hydrogen-bond donors (Lipinski definition) is 1. The fourth-order valence-corrected chi connectivity index (χ4v) is 1.83. The predicted molar refractivity (Wildman–Crippen MR) is 57.8 cm³/mol. The molecule has 1 aliphatic rings. The van der Waals surface area contributed by atoms with Crippen LogP contribution in [0.2, 0.25) is 0 Å². The van der Waals surface area contributed by atoms with Crippen molar-refractivity contribution in [3.05, 3.63) is 24.3 Å². The lowest BCUT2D eigenvalue weighted by molar-refractivity contribution is -0.161. The summed E-state index contributed by atoms with van der Waals surface area (Å²) in [6.45, 7) is 1.99. The fraction of sp³-hybridized carbons (Fsp3) is 0.417. The highest BCUT2D eigenvalue weighted by Crippen LogP contribution is 2.36. The van der Waals surface area contributed by atoms with E-state index >= 15 is 0 Å². The molecule has 1 aliphatic heterocycles. The third kappa shape index (κ3) is 1.71. The maximum absolute atomic E-state index is 11.3. The van der Waals surface area contributed by atoms with E-state index in [0.29, 0.717) is 17.9 Å². The lowest BCUT2D eigenvalue weighted by atomic mass is 9.98. The molecular weight excluding hydrogens is 208 g/mol. The third-order valence-electron chi connectivity index (χ3n) is 2.66. The summed E-state index contributed by atoms with van der Waals surface area (Å²) in [4.78, 5) is 11.3. The second-order valence-corrected chi connectivity index (χ2v) is 3.89. The molecule has 4 heteroatoms. The van der Waals surface area contributed by atoms with E-state index in [4.69, 9.17) is 9.47 Å². The number of carboxylic acid groups (broad SMARTS) is 1. The van der Waals surface area contributed by atoms with E-state index in [0.717, 1.165) is 6.42 Å². The molecule has 1 N–H and O–H groups in total. The number of rotatable bonds is 3. The van der Waals surface area contributed by atoms with Crippen LogP contribution in [0.1, 0.15) is 19.8 Å². The molecule has 4 nitrogen and oxygen atoms in total. The lowest BCUT2D eigenvalue weighted by Crippen LogP contribution is -2.51. The molecule has 1 atom stereocenters. The Bertz CT molecular complexity index is 402. The monoisotopic (exact) mass is 222 g/mol. The minimum Gasteiger partial charge on any atom is -0.485 e. The minimum atomic E-state index is -1.23. The average Bonchev–Trinajstić information content (AvgIpc) is 2.29. The number of aliphatic carboxylic acids is 1. The van der Waals surface area contributed by atoms with Gasteiger partial charge in [-0.3, -0.25) is 0 Å². The number of hydrogen-bond acceptors (Lipinski definition) is 3. The summed E-state index contributed by atoms with van der Waals surface area (Å²) >= 11 is 0. The SMILES string of the molecule is CCC[C@]1(C(=O)O)COc2ccccc2O1. The van der Waals surface area contributed by atoms with Gasteiger partial charge in [0.1, 0.15) is 6.61 Å². The van der Waals surface area contributed by atoms with Gasteiger partial charge in [0.05, 0.1) is 0 Å². The normalized spacial score (nSPS) is 22.8. The second kappa shape index (κ2) is 4.04. The smallest absolute Gasteiger partial charge is 0.351 e. The van der Waals surface area contributed by atoms with Crippen LogP contribution in [0.3, 0.4) is 0 Å². The highest BCUT2D eigenvalue weighted by atomic mass is 16.6. The first kappa shape index (κ1) is 10.8. The number of carbonyl (C=O) groups is 1. The Kier molecular flexibility index (Phi) is 2.73. The molecule has 0 saturated carbocycles. The molecule has 0 aromatic heterocycles. The summed E-state index contributed by atoms with van der Waals surface area (Å²) in [5.74, 6) is 0.143. The average molecular weight is 222 g/mol. The van der Waals surface area contributed by atoms with Crippen molar-refractivity contribution in [3.63, 3.8) is 0 Å². The van der Waals surface area contributed by atoms with Crippen molar-refractivity contribution in [2.24, 2.45) is 0 Å². The zero-order valence-electron chi connectivity index (χ0n) is 9.10. The molecule has 16 heavy (non-hydrogen) atoms. The van der Waals surface area contributed by atoms with Crippen LogP contribution in [0, 0.1) is 0 Å². The number of para-hydroxylation sites is 2. The van der Waals surface area contributed by atoms with Crippen LogP contribution in [-0.2, 0) is 4.79 Å². The van der Waals surface area contributed by atoms with E-state index in [2.05, 4.69) is 0 Å². The zero-order valence-corrected chi connectivity index (χ0v) is 9.10. The Balaban J connectivity index is 2.31. The Morgan fingerprint density at radius 2 is 2.12 bits per heavy atom. The summed E-state index contributed by atoms with van der Waals surface area (Å²) in [7, 11) is 0. The van der Waals surface area contributed by atoms with Crippen molar-refractivity contribution in [3.8, 4) is 11.5 Å². The summed E-state index contributed by atoms with van der Waals surface area (Å²) in [6, 6.07) is 7.12. The van der Waals surface area contributed by atoms with Crippen LogP contribution >= 0.6 is 0 Å². The molecule has 0 radical (unpaired) electrons. The maximum Gasteiger partial charge on any atom is 0.351 e. The third-order valence-corrected chi connectivity index (χ3v) is 2.66. The topological polar surface area (TPSA) is 55.8 Å². The minimum absolute atomic E-state index is 0.0627. The first-order valence-corrected chi connectivity index (χ1v) is 5.32. The second-order valence-electron chi connectivity index (χ2n) is 3.89. The molecule has 0 bridgehead atoms. The quantitative estimate of drug-likeness (QED) is 0.850. The van der Waals surface area contributed by atoms with Gasteiger partial charge in [-0.25, -0.2) is 4.79 Å². The van der Waals surface area contributed by atoms with Gasteiger partial charge in [0, 0.05) is 6.42 Å². The summed E-state index contributed by atoms with van der Waals surface area (Å²) < 4.78 is 11.0. The maximum atomic E-state index is 11.3. The van der Waals surface area contributed by atoms with Crippen LogP contribution in [0.4, 0.5) is 0 Å². The Labute approximate surface area is 93.8 Å². The molecule has 0 saturated heterocycles. The van der Waals surface area contributed by atoms with Crippen molar-refractivity contribution in [2.45, 2.75) is 25.4 Å². The highest BCUT2D eigenvalue weighted by molar-refractivity contribution is 5.78. The van der Waals surface area contributed by atoms with Crippen molar-refractivity contribution >= 4 is 5.97 Å². The first-order valence-electron chi connectivity index (χ1n) is 5.32. The van der Waals surface area contributed by atoms with E-state index < -0.39 is 11.6 Å². The van der Waals surface area contributed by atoms with Gasteiger partial charge in [0.2, 0.25) is 5.60 Å². The zero-order chi connectivity index (χ0) is 11.6. The molecule has 0 aliphatic carbocycles. The van der Waals surface area contributed by atoms with Crippen molar-refractivity contribution in [1.29, 1.82) is 0 Å². The van der Waals surface area contributed by atoms with Crippen LogP contribution in [-0.4, -0.2) is 23.3 Å². The largest absolute Gasteiger partial charge is 0.485 e. The van der Waals surface area contributed by atoms with Crippen molar-refractivity contribution < 1.29 is 19.4 Å². The lowest BCUT2D eigenvalue weighted by Gasteiger charge is -2.34. The number of fused-ring (bicyclic) bond motifs is 1. The van der Waals surface area contributed by atoms with Crippen molar-refractivity contribution in [2.75, 3.05) is 6.61 Å². The number of ether oxygens (including phenoxy) is 2. The molecule has 1 aromatic rings. The van der Waals surface area contributed by atoms with Gasteiger partial charge in [0.15, 0.2) is 11.5 Å². The van der Waals surface area contributed by atoms with Crippen LogP contribution < -0.4 is 9.47 Å². The van der Waals surface area contributed by atoms with E-state index in [-0.39, 0.29) is 6.61 Å². The van der Waals surface area contributed by atoms with Gasteiger partial charge >= 0.3 is 5.97 Å². The number of carboxylic acids is 1. The molecule has 1 aromatic carbocycles. The van der Waals surface area contributed by atoms with Crippen LogP contribution in [0.5, 0.6) is 11.5 Å². The van der Waals surface area contributed by atoms with Gasteiger partial charge in [-0.1, -0.05) is 25.5 Å². The molecule has 0 unspecified atom stereocenters. The Morgan fingerprint density at radius 3 is 2.75 bits per heavy atom. The molecule has 1 heterocycles. The molecule has 0 spiro atoms. The van der Waals surface area contributed by atoms with Gasteiger partial charge in [-0.15, -0.1) is 0 Å². The summed E-state index contributed by atoms with van der Waals surface area (Å²) in [5, 5.41) is 9.24. The molecule has 0 fully saturated rings. The molecule has 0 amide bonds.